The van der Waals surface area contributed by atoms with Crippen molar-refractivity contribution in [3.05, 3.63) is 0 Å². The lowest BCUT2D eigenvalue weighted by Crippen LogP contribution is -2.36. The first kappa shape index (κ1) is 19.0. The van der Waals surface area contributed by atoms with Crippen LogP contribution < -0.4 is 16.4 Å². The van der Waals surface area contributed by atoms with Gasteiger partial charge in [-0.1, -0.05) is 6.42 Å². The first-order valence-corrected chi connectivity index (χ1v) is 8.40. The van der Waals surface area contributed by atoms with Crippen LogP contribution in [0.3, 0.4) is 0 Å². The zero-order valence-electron chi connectivity index (χ0n) is 12.4. The Morgan fingerprint density at radius 1 is 1.32 bits per heavy atom. The summed E-state index contributed by atoms with van der Waals surface area (Å²) in [5.74, 6) is 0.236. The van der Waals surface area contributed by atoms with Crippen LogP contribution in [0, 0.1) is 0 Å². The number of nitrogens with one attached hydrogen (secondary N) is 2. The van der Waals surface area contributed by atoms with E-state index in [2.05, 4.69) is 10.6 Å². The minimum atomic E-state index is -0.729. The minimum absolute atomic E-state index is 0.0640. The molecule has 2 saturated heterocycles. The van der Waals surface area contributed by atoms with Gasteiger partial charge in [-0.05, 0) is 12.8 Å². The van der Waals surface area contributed by atoms with E-state index in [9.17, 15) is 9.59 Å². The zero-order valence-corrected chi connectivity index (χ0v) is 13.2. The third-order valence-corrected chi connectivity index (χ3v) is 5.05. The topological polar surface area (TPSA) is 145 Å². The third-order valence-electron chi connectivity index (χ3n) is 3.54. The van der Waals surface area contributed by atoms with Crippen molar-refractivity contribution < 1.29 is 24.9 Å². The summed E-state index contributed by atoms with van der Waals surface area (Å²) in [4.78, 5) is 21.5. The van der Waals surface area contributed by atoms with Crippen LogP contribution in [0.25, 0.3) is 0 Å². The van der Waals surface area contributed by atoms with Crippen molar-refractivity contribution in [1.29, 1.82) is 0 Å². The van der Waals surface area contributed by atoms with Gasteiger partial charge in [-0.15, -0.1) is 0 Å². The van der Waals surface area contributed by atoms with Crippen molar-refractivity contribution in [2.75, 3.05) is 19.0 Å². The average molecular weight is 335 g/mol. The van der Waals surface area contributed by atoms with E-state index in [1.54, 1.807) is 0 Å². The Morgan fingerprint density at radius 2 is 2.00 bits per heavy atom. The fourth-order valence-corrected chi connectivity index (χ4v) is 3.87. The first-order valence-electron chi connectivity index (χ1n) is 7.35. The zero-order chi connectivity index (χ0) is 16.5. The molecular weight excluding hydrogens is 310 g/mol. The molecule has 0 bridgehead atoms. The number of aliphatic hydroxyl groups is 2. The molecular formula is C13H25N3O5S. The molecule has 3 atom stereocenters. The molecule has 2 rings (SSSR count). The summed E-state index contributed by atoms with van der Waals surface area (Å²) >= 11 is 1.87. The van der Waals surface area contributed by atoms with E-state index in [4.69, 9.17) is 21.1 Å². The summed E-state index contributed by atoms with van der Waals surface area (Å²) < 4.78 is 0. The van der Waals surface area contributed by atoms with Gasteiger partial charge in [0.05, 0.1) is 31.3 Å². The van der Waals surface area contributed by atoms with Crippen molar-refractivity contribution >= 4 is 23.8 Å². The maximum atomic E-state index is 11.1. The van der Waals surface area contributed by atoms with Gasteiger partial charge in [0.25, 0.3) is 0 Å². The number of carboxylic acid groups (broad SMARTS) is 1. The molecule has 9 heteroatoms. The molecule has 128 valence electrons. The van der Waals surface area contributed by atoms with Crippen molar-refractivity contribution in [2.45, 2.75) is 49.1 Å². The van der Waals surface area contributed by atoms with Crippen molar-refractivity contribution in [3.63, 3.8) is 0 Å². The smallest absolute Gasteiger partial charge is 0.315 e. The maximum Gasteiger partial charge on any atom is 0.315 e. The summed E-state index contributed by atoms with van der Waals surface area (Å²) in [6.07, 6.45) is 2.88. The van der Waals surface area contributed by atoms with Crippen molar-refractivity contribution in [1.82, 2.24) is 10.6 Å². The van der Waals surface area contributed by atoms with Crippen LogP contribution in [-0.4, -0.2) is 69.7 Å². The number of unbranched alkanes of at least 4 members (excludes halogenated alkanes) is 1. The lowest BCUT2D eigenvalue weighted by atomic mass is 10.0. The lowest BCUT2D eigenvalue weighted by Gasteiger charge is -2.16. The second-order valence-electron chi connectivity index (χ2n) is 5.39. The van der Waals surface area contributed by atoms with Crippen molar-refractivity contribution in [2.24, 2.45) is 5.73 Å². The second-order valence-corrected chi connectivity index (χ2v) is 6.66. The highest BCUT2D eigenvalue weighted by Crippen LogP contribution is 2.33. The van der Waals surface area contributed by atoms with Gasteiger partial charge in [0.2, 0.25) is 0 Å². The van der Waals surface area contributed by atoms with E-state index in [-0.39, 0.29) is 37.7 Å². The molecule has 8 nitrogen and oxygen atoms in total. The molecule has 0 saturated carbocycles. The fraction of sp³-hybridized carbons (Fsp3) is 0.846. The van der Waals surface area contributed by atoms with Gasteiger partial charge in [-0.25, -0.2) is 4.79 Å². The van der Waals surface area contributed by atoms with Gasteiger partial charge < -0.3 is 31.7 Å². The van der Waals surface area contributed by atoms with Crippen LogP contribution in [-0.2, 0) is 4.79 Å². The van der Waals surface area contributed by atoms with E-state index in [0.717, 1.165) is 25.0 Å². The number of fused-ring (bicyclic) bond motifs is 1. The normalized spacial score (nSPS) is 26.0. The Hall–Kier alpha value is -1.03. The molecule has 2 fully saturated rings. The number of carbonyl (C=O) groups is 2. The molecule has 0 aliphatic carbocycles. The number of amides is 2. The largest absolute Gasteiger partial charge is 0.481 e. The van der Waals surface area contributed by atoms with E-state index in [0.29, 0.717) is 5.25 Å². The first-order chi connectivity index (χ1) is 10.5. The van der Waals surface area contributed by atoms with Gasteiger partial charge in [-0.3, -0.25) is 4.79 Å². The van der Waals surface area contributed by atoms with Gasteiger partial charge in [-0.2, -0.15) is 11.8 Å². The second kappa shape index (κ2) is 9.88. The monoisotopic (exact) mass is 335 g/mol. The fourth-order valence-electron chi connectivity index (χ4n) is 2.32. The van der Waals surface area contributed by atoms with Gasteiger partial charge in [0, 0.05) is 17.4 Å². The van der Waals surface area contributed by atoms with Crippen LogP contribution in [0.4, 0.5) is 4.79 Å². The number of aliphatic carboxylic acids is 1. The van der Waals surface area contributed by atoms with E-state index >= 15 is 0 Å². The van der Waals surface area contributed by atoms with Crippen LogP contribution in [0.5, 0.6) is 0 Å². The molecule has 0 spiro atoms. The van der Waals surface area contributed by atoms with E-state index < -0.39 is 12.0 Å². The van der Waals surface area contributed by atoms with Crippen LogP contribution in [0.1, 0.15) is 25.7 Å². The maximum absolute atomic E-state index is 11.1. The van der Waals surface area contributed by atoms with Crippen LogP contribution >= 0.6 is 11.8 Å². The number of aliphatic hydroxyl groups excluding tert-OH is 2. The Bertz CT molecular complexity index is 368. The molecule has 0 radical (unpaired) electrons. The number of carbonyl (C=O) groups excluding carboxylic acids is 1. The highest BCUT2D eigenvalue weighted by atomic mass is 32.2. The lowest BCUT2D eigenvalue weighted by molar-refractivity contribution is -0.137. The molecule has 0 aromatic carbocycles. The molecule has 0 aromatic rings. The molecule has 0 unspecified atom stereocenters. The summed E-state index contributed by atoms with van der Waals surface area (Å²) in [5, 5.41) is 30.9. The van der Waals surface area contributed by atoms with E-state index in [1.807, 2.05) is 11.8 Å². The summed E-state index contributed by atoms with van der Waals surface area (Å²) in [5.41, 5.74) is 4.97. The van der Waals surface area contributed by atoms with Gasteiger partial charge in [0.15, 0.2) is 0 Å². The number of nitrogens with two attached hydrogens (primary N) is 1. The molecule has 2 amide bonds. The highest BCUT2D eigenvalue weighted by Gasteiger charge is 2.42. The molecule has 2 aliphatic heterocycles. The quantitative estimate of drug-likeness (QED) is 0.261. The standard InChI is InChI=1S/C10H16N2O3S.C3H9NO2/c13-8(14)4-2-1-3-7-9-6(5-16-7)11-10(15)12-9;4-3(1-5)2-6/h6-7,9H,1-5H2,(H,13,14)(H2,11,12,15);3,5-6H,1-2,4H2/t6-,7-,9-;/m0./s1. The van der Waals surface area contributed by atoms with Crippen LogP contribution in [0.15, 0.2) is 0 Å². The predicted octanol–water partition coefficient (Wildman–Crippen LogP) is -0.905. The summed E-state index contributed by atoms with van der Waals surface area (Å²) in [7, 11) is 0. The number of thioether (sulfide) groups is 1. The van der Waals surface area contributed by atoms with Crippen LogP contribution in [0.2, 0.25) is 0 Å². The number of hydrogen-bond donors (Lipinski definition) is 6. The van der Waals surface area contributed by atoms with Crippen molar-refractivity contribution in [3.8, 4) is 0 Å². The van der Waals surface area contributed by atoms with E-state index in [1.165, 1.54) is 0 Å². The predicted molar refractivity (Wildman–Crippen MR) is 83.7 cm³/mol. The Labute approximate surface area is 133 Å². The highest BCUT2D eigenvalue weighted by molar-refractivity contribution is 8.00. The number of urea groups is 1. The number of hydrogen-bond acceptors (Lipinski definition) is 6. The van der Waals surface area contributed by atoms with Gasteiger partial charge >= 0.3 is 12.0 Å². The Morgan fingerprint density at radius 3 is 2.55 bits per heavy atom. The Balaban J connectivity index is 0.000000346. The third kappa shape index (κ3) is 6.39. The molecule has 22 heavy (non-hydrogen) atoms. The molecule has 2 heterocycles. The number of carboxylic acids is 1. The Kier molecular flexibility index (Phi) is 8.54. The average Bonchev–Trinajstić information content (AvgIpc) is 3.03. The molecule has 0 aromatic heterocycles. The summed E-state index contributed by atoms with van der Waals surface area (Å²) in [6, 6.07) is -0.0138. The SMILES string of the molecule is NC(CO)CO.O=C(O)CCCC[C@@H]1SC[C@@H]2NC(=O)N[C@@H]21. The summed E-state index contributed by atoms with van der Waals surface area (Å²) in [6.45, 7) is -0.285. The molecule has 2 aliphatic rings. The number of rotatable bonds is 7. The minimum Gasteiger partial charge on any atom is -0.481 e. The van der Waals surface area contributed by atoms with Gasteiger partial charge in [0.1, 0.15) is 0 Å². The molecule has 7 N–H and O–H groups in total.